The van der Waals surface area contributed by atoms with Crippen LogP contribution >= 0.6 is 0 Å². The van der Waals surface area contributed by atoms with Crippen LogP contribution in [0.5, 0.6) is 0 Å². The Hall–Kier alpha value is -1.03. The molecule has 0 aromatic rings. The maximum atomic E-state index is 12.7. The monoisotopic (exact) mass is 527 g/mol. The summed E-state index contributed by atoms with van der Waals surface area (Å²) in [6.07, 6.45) is 7.39. The van der Waals surface area contributed by atoms with E-state index < -0.39 is 41.1 Å². The van der Waals surface area contributed by atoms with Crippen molar-refractivity contribution in [1.82, 2.24) is 0 Å². The summed E-state index contributed by atoms with van der Waals surface area (Å²) in [6, 6.07) is 2.56. The first kappa shape index (κ1) is 27.0. The first-order chi connectivity index (χ1) is 14.2. The minimum absolute atomic E-state index is 0.150. The van der Waals surface area contributed by atoms with Gasteiger partial charge in [0.2, 0.25) is 0 Å². The molecule has 170 valence electrons. The number of carbonyl (C=O) groups excluding carboxylic acids is 2. The van der Waals surface area contributed by atoms with Crippen LogP contribution in [0.15, 0.2) is 12.2 Å². The van der Waals surface area contributed by atoms with E-state index in [0.717, 1.165) is 23.7 Å². The van der Waals surface area contributed by atoms with E-state index in [2.05, 4.69) is 33.4 Å². The molecular weight excluding hydrogens is 485 g/mol. The fourth-order valence-corrected chi connectivity index (χ4v) is 23.3. The van der Waals surface area contributed by atoms with Crippen LogP contribution in [0.25, 0.3) is 0 Å². The quantitative estimate of drug-likeness (QED) is 0.127. The van der Waals surface area contributed by atoms with Gasteiger partial charge in [-0.2, -0.15) is 0 Å². The molecule has 1 aliphatic rings. The van der Waals surface area contributed by atoms with Crippen LogP contribution in [-0.2, 0) is 19.1 Å². The molecule has 0 aromatic heterocycles. The molecule has 1 atom stereocenters. The maximum absolute atomic E-state index is 12.7. The van der Waals surface area contributed by atoms with E-state index in [0.29, 0.717) is 5.57 Å². The standard InChI is InChI=1S/C12H14NO4.3C4H9.Sn/c1-8-5-12(9(14)16-3,10(15)17-4)6-11(8,2)7-13;3*1-3-4-2;/h1-2,5-6H2,3-4H3;3*1,3-4H2,2H3;. The van der Waals surface area contributed by atoms with Gasteiger partial charge in [-0.25, -0.2) is 0 Å². The van der Waals surface area contributed by atoms with Gasteiger partial charge in [-0.05, 0) is 0 Å². The number of methoxy groups -OCH3 is 2. The molecule has 5 nitrogen and oxygen atoms in total. The number of unbranched alkanes of at least 4 members (excludes halogenated alkanes) is 3. The van der Waals surface area contributed by atoms with Gasteiger partial charge in [0, 0.05) is 0 Å². The van der Waals surface area contributed by atoms with Crippen LogP contribution in [0.2, 0.25) is 17.7 Å². The molecule has 0 aromatic carbocycles. The SMILES string of the molecule is C=C1CC(C(=O)OC)(C(=O)OC)CC1(C#N)[CH2][Sn]([CH2]CCC)([CH2]CCC)[CH2]CCC. The van der Waals surface area contributed by atoms with E-state index in [1.165, 1.54) is 46.8 Å². The third kappa shape index (κ3) is 5.81. The van der Waals surface area contributed by atoms with Gasteiger partial charge in [-0.3, -0.25) is 0 Å². The van der Waals surface area contributed by atoms with E-state index in [-0.39, 0.29) is 12.8 Å². The van der Waals surface area contributed by atoms with Gasteiger partial charge < -0.3 is 0 Å². The molecular formula is C24H41NO4Sn. The summed E-state index contributed by atoms with van der Waals surface area (Å²) >= 11 is -2.73. The Balaban J connectivity index is 3.41. The summed E-state index contributed by atoms with van der Waals surface area (Å²) in [5, 5.41) is 10.4. The molecule has 0 radical (unpaired) electrons. The van der Waals surface area contributed by atoms with Crippen molar-refractivity contribution in [2.75, 3.05) is 14.2 Å². The fourth-order valence-electron chi connectivity index (χ4n) is 5.28. The number of ether oxygens (including phenoxy) is 2. The second kappa shape index (κ2) is 12.1. The Labute approximate surface area is 187 Å². The zero-order chi connectivity index (χ0) is 22.8. The summed E-state index contributed by atoms with van der Waals surface area (Å²) in [4.78, 5) is 25.4. The first-order valence-electron chi connectivity index (χ1n) is 11.5. The number of esters is 2. The molecule has 0 bridgehead atoms. The molecule has 0 saturated heterocycles. The molecule has 1 unspecified atom stereocenters. The normalized spacial score (nSPS) is 20.6. The number of hydrogen-bond donors (Lipinski definition) is 0. The van der Waals surface area contributed by atoms with Crippen molar-refractivity contribution in [1.29, 1.82) is 5.26 Å². The summed E-state index contributed by atoms with van der Waals surface area (Å²) in [5.74, 6) is -1.21. The molecule has 1 fully saturated rings. The van der Waals surface area contributed by atoms with Gasteiger partial charge >= 0.3 is 188 Å². The van der Waals surface area contributed by atoms with E-state index in [1.54, 1.807) is 0 Å². The first-order valence-corrected chi connectivity index (χ1v) is 19.6. The van der Waals surface area contributed by atoms with E-state index in [9.17, 15) is 14.9 Å². The van der Waals surface area contributed by atoms with Crippen molar-refractivity contribution < 1.29 is 19.1 Å². The Morgan fingerprint density at radius 3 is 1.77 bits per heavy atom. The van der Waals surface area contributed by atoms with Gasteiger partial charge in [0.05, 0.1) is 0 Å². The summed E-state index contributed by atoms with van der Waals surface area (Å²) in [7, 11) is 2.57. The van der Waals surface area contributed by atoms with Crippen LogP contribution in [-0.4, -0.2) is 44.5 Å². The zero-order valence-corrected chi connectivity index (χ0v) is 22.6. The van der Waals surface area contributed by atoms with E-state index in [1.807, 2.05) is 0 Å². The van der Waals surface area contributed by atoms with Gasteiger partial charge in [0.1, 0.15) is 0 Å². The van der Waals surface area contributed by atoms with Crippen molar-refractivity contribution in [3.05, 3.63) is 12.2 Å². The predicted octanol–water partition coefficient (Wildman–Crippen LogP) is 6.03. The molecule has 1 aliphatic carbocycles. The van der Waals surface area contributed by atoms with Gasteiger partial charge in [0.25, 0.3) is 0 Å². The topological polar surface area (TPSA) is 76.4 Å². The number of allylic oxidation sites excluding steroid dienone is 1. The van der Waals surface area contributed by atoms with Crippen molar-refractivity contribution in [3.63, 3.8) is 0 Å². The third-order valence-corrected chi connectivity index (χ3v) is 23.0. The van der Waals surface area contributed by atoms with Gasteiger partial charge in [-0.15, -0.1) is 0 Å². The van der Waals surface area contributed by atoms with Crippen molar-refractivity contribution in [2.45, 2.75) is 89.9 Å². The summed E-state index contributed by atoms with van der Waals surface area (Å²) in [5.41, 5.74) is -1.55. The fraction of sp³-hybridized carbons (Fsp3) is 0.792. The summed E-state index contributed by atoms with van der Waals surface area (Å²) < 4.78 is 14.7. The van der Waals surface area contributed by atoms with E-state index in [4.69, 9.17) is 9.47 Å². The number of carbonyl (C=O) groups is 2. The third-order valence-electron chi connectivity index (χ3n) is 7.02. The molecule has 0 amide bonds. The Morgan fingerprint density at radius 1 is 1.00 bits per heavy atom. The van der Waals surface area contributed by atoms with Crippen molar-refractivity contribution >= 4 is 30.3 Å². The van der Waals surface area contributed by atoms with Crippen LogP contribution in [0.4, 0.5) is 0 Å². The second-order valence-corrected chi connectivity index (χ2v) is 23.1. The second-order valence-electron chi connectivity index (χ2n) is 9.20. The molecule has 30 heavy (non-hydrogen) atoms. The van der Waals surface area contributed by atoms with Crippen LogP contribution in [0, 0.1) is 22.2 Å². The molecule has 0 heterocycles. The van der Waals surface area contributed by atoms with Gasteiger partial charge in [0.15, 0.2) is 0 Å². The number of nitrogens with zero attached hydrogens (tertiary/aromatic N) is 1. The van der Waals surface area contributed by atoms with E-state index >= 15 is 0 Å². The minimum atomic E-state index is -2.73. The number of hydrogen-bond acceptors (Lipinski definition) is 5. The average molecular weight is 526 g/mol. The van der Waals surface area contributed by atoms with Crippen LogP contribution < -0.4 is 0 Å². The van der Waals surface area contributed by atoms with Crippen LogP contribution in [0.3, 0.4) is 0 Å². The number of rotatable bonds is 13. The Bertz CT molecular complexity index is 616. The molecule has 1 saturated carbocycles. The zero-order valence-electron chi connectivity index (χ0n) is 19.8. The molecule has 0 N–H and O–H groups in total. The predicted molar refractivity (Wildman–Crippen MR) is 123 cm³/mol. The van der Waals surface area contributed by atoms with Crippen LogP contribution in [0.1, 0.15) is 72.1 Å². The average Bonchev–Trinajstić information content (AvgIpc) is 3.06. The number of nitriles is 1. The summed E-state index contributed by atoms with van der Waals surface area (Å²) in [6.45, 7) is 10.9. The molecule has 0 spiro atoms. The Kier molecular flexibility index (Phi) is 10.9. The van der Waals surface area contributed by atoms with Crippen molar-refractivity contribution in [3.8, 4) is 6.07 Å². The molecule has 0 aliphatic heterocycles. The molecule has 6 heteroatoms. The Morgan fingerprint density at radius 2 is 1.43 bits per heavy atom. The van der Waals surface area contributed by atoms with Crippen molar-refractivity contribution in [2.24, 2.45) is 10.8 Å². The molecule has 1 rings (SSSR count). The van der Waals surface area contributed by atoms with Gasteiger partial charge in [-0.1, -0.05) is 0 Å².